The number of rotatable bonds is 1. The minimum Gasteiger partial charge on any atom is -0.300 e. The van der Waals surface area contributed by atoms with Crippen LogP contribution in [0, 0.1) is 0 Å². The van der Waals surface area contributed by atoms with E-state index in [4.69, 9.17) is 0 Å². The first-order chi connectivity index (χ1) is 8.34. The highest BCUT2D eigenvalue weighted by Crippen LogP contribution is 2.30. The molecule has 1 aromatic carbocycles. The SMILES string of the molecule is Brc1cccc2c1CCC(N1CCCCC1)C2. The Balaban J connectivity index is 1.76. The summed E-state index contributed by atoms with van der Waals surface area (Å²) >= 11 is 3.68. The second kappa shape index (κ2) is 5.11. The van der Waals surface area contributed by atoms with Crippen LogP contribution in [-0.4, -0.2) is 24.0 Å². The average molecular weight is 294 g/mol. The Bertz CT molecular complexity index is 396. The van der Waals surface area contributed by atoms with E-state index in [1.807, 2.05) is 0 Å². The molecule has 1 aromatic rings. The van der Waals surface area contributed by atoms with Gasteiger partial charge in [-0.05, 0) is 62.4 Å². The van der Waals surface area contributed by atoms with Gasteiger partial charge in [0.2, 0.25) is 0 Å². The van der Waals surface area contributed by atoms with Gasteiger partial charge in [0.05, 0.1) is 0 Å². The minimum absolute atomic E-state index is 0.803. The zero-order valence-electron chi connectivity index (χ0n) is 10.3. The van der Waals surface area contributed by atoms with Gasteiger partial charge in [-0.25, -0.2) is 0 Å². The summed E-state index contributed by atoms with van der Waals surface area (Å²) in [6, 6.07) is 7.48. The number of hydrogen-bond acceptors (Lipinski definition) is 1. The highest BCUT2D eigenvalue weighted by atomic mass is 79.9. The molecule has 17 heavy (non-hydrogen) atoms. The lowest BCUT2D eigenvalue weighted by Gasteiger charge is -2.37. The first-order valence-corrected chi connectivity index (χ1v) is 7.64. The predicted octanol–water partition coefficient (Wildman–Crippen LogP) is 3.79. The van der Waals surface area contributed by atoms with Crippen LogP contribution in [-0.2, 0) is 12.8 Å². The monoisotopic (exact) mass is 293 g/mol. The van der Waals surface area contributed by atoms with Gasteiger partial charge in [0, 0.05) is 10.5 Å². The molecule has 0 spiro atoms. The molecule has 1 atom stereocenters. The second-order valence-corrected chi connectivity index (χ2v) is 6.23. The molecule has 1 nitrogen and oxygen atoms in total. The number of piperidine rings is 1. The Morgan fingerprint density at radius 3 is 2.76 bits per heavy atom. The maximum absolute atomic E-state index is 3.68. The van der Waals surface area contributed by atoms with Crippen molar-refractivity contribution >= 4 is 15.9 Å². The fourth-order valence-corrected chi connectivity index (χ4v) is 3.94. The van der Waals surface area contributed by atoms with E-state index in [1.165, 1.54) is 56.1 Å². The molecule has 0 aromatic heterocycles. The first kappa shape index (κ1) is 11.7. The molecule has 0 saturated carbocycles. The Hall–Kier alpha value is -0.340. The molecule has 0 N–H and O–H groups in total. The summed E-state index contributed by atoms with van der Waals surface area (Å²) in [5.74, 6) is 0. The van der Waals surface area contributed by atoms with Crippen molar-refractivity contribution in [1.82, 2.24) is 4.90 Å². The highest BCUT2D eigenvalue weighted by Gasteiger charge is 2.25. The summed E-state index contributed by atoms with van der Waals surface area (Å²) in [7, 11) is 0. The van der Waals surface area contributed by atoms with E-state index in [0.29, 0.717) is 0 Å². The van der Waals surface area contributed by atoms with E-state index < -0.39 is 0 Å². The highest BCUT2D eigenvalue weighted by molar-refractivity contribution is 9.10. The van der Waals surface area contributed by atoms with Gasteiger partial charge in [0.25, 0.3) is 0 Å². The second-order valence-electron chi connectivity index (χ2n) is 5.37. The van der Waals surface area contributed by atoms with Gasteiger partial charge in [-0.3, -0.25) is 0 Å². The van der Waals surface area contributed by atoms with E-state index in [2.05, 4.69) is 39.0 Å². The lowest BCUT2D eigenvalue weighted by Crippen LogP contribution is -2.42. The predicted molar refractivity (Wildman–Crippen MR) is 75.4 cm³/mol. The summed E-state index contributed by atoms with van der Waals surface area (Å²) in [6.07, 6.45) is 8.09. The van der Waals surface area contributed by atoms with Crippen molar-refractivity contribution in [2.45, 2.75) is 44.6 Å². The van der Waals surface area contributed by atoms with Crippen LogP contribution in [0.3, 0.4) is 0 Å². The molecule has 0 amide bonds. The Kier molecular flexibility index (Phi) is 3.53. The lowest BCUT2D eigenvalue weighted by molar-refractivity contribution is 0.150. The van der Waals surface area contributed by atoms with Crippen LogP contribution in [0.1, 0.15) is 36.8 Å². The lowest BCUT2D eigenvalue weighted by atomic mass is 9.87. The van der Waals surface area contributed by atoms with Gasteiger partial charge in [-0.2, -0.15) is 0 Å². The van der Waals surface area contributed by atoms with Crippen LogP contribution >= 0.6 is 15.9 Å². The largest absolute Gasteiger partial charge is 0.300 e. The van der Waals surface area contributed by atoms with Crippen LogP contribution in [0.15, 0.2) is 22.7 Å². The molecule has 1 heterocycles. The minimum atomic E-state index is 0.803. The maximum atomic E-state index is 3.68. The molecule has 92 valence electrons. The number of nitrogens with zero attached hydrogens (tertiary/aromatic N) is 1. The third kappa shape index (κ3) is 2.43. The van der Waals surface area contributed by atoms with Crippen molar-refractivity contribution in [3.05, 3.63) is 33.8 Å². The van der Waals surface area contributed by atoms with E-state index in [-0.39, 0.29) is 0 Å². The number of halogens is 1. The molecule has 3 rings (SSSR count). The Morgan fingerprint density at radius 1 is 1.12 bits per heavy atom. The molecule has 1 unspecified atom stereocenters. The van der Waals surface area contributed by atoms with E-state index in [0.717, 1.165) is 6.04 Å². The molecular weight excluding hydrogens is 274 g/mol. The first-order valence-electron chi connectivity index (χ1n) is 6.85. The molecule has 2 heteroatoms. The van der Waals surface area contributed by atoms with Gasteiger partial charge in [-0.15, -0.1) is 0 Å². The van der Waals surface area contributed by atoms with E-state index in [9.17, 15) is 0 Å². The summed E-state index contributed by atoms with van der Waals surface area (Å²) in [5, 5.41) is 0. The van der Waals surface area contributed by atoms with Crippen LogP contribution in [0.4, 0.5) is 0 Å². The van der Waals surface area contributed by atoms with Crippen LogP contribution < -0.4 is 0 Å². The molecule has 0 radical (unpaired) electrons. The average Bonchev–Trinajstić information content (AvgIpc) is 2.40. The summed E-state index contributed by atoms with van der Waals surface area (Å²) in [5.41, 5.74) is 3.13. The molecule has 1 saturated heterocycles. The number of hydrogen-bond donors (Lipinski definition) is 0. The number of likely N-dealkylation sites (tertiary alicyclic amines) is 1. The fourth-order valence-electron chi connectivity index (χ4n) is 3.34. The van der Waals surface area contributed by atoms with Crippen LogP contribution in [0.25, 0.3) is 0 Å². The van der Waals surface area contributed by atoms with Crippen molar-refractivity contribution in [3.63, 3.8) is 0 Å². The number of benzene rings is 1. The van der Waals surface area contributed by atoms with Gasteiger partial charge >= 0.3 is 0 Å². The van der Waals surface area contributed by atoms with E-state index in [1.54, 1.807) is 11.1 Å². The topological polar surface area (TPSA) is 3.24 Å². The van der Waals surface area contributed by atoms with Crippen molar-refractivity contribution < 1.29 is 0 Å². The normalized spacial score (nSPS) is 25.6. The van der Waals surface area contributed by atoms with Crippen molar-refractivity contribution in [1.29, 1.82) is 0 Å². The van der Waals surface area contributed by atoms with E-state index >= 15 is 0 Å². The zero-order chi connectivity index (χ0) is 11.7. The molecule has 1 aliphatic carbocycles. The quantitative estimate of drug-likeness (QED) is 0.761. The van der Waals surface area contributed by atoms with Gasteiger partial charge in [0.1, 0.15) is 0 Å². The third-order valence-electron chi connectivity index (χ3n) is 4.31. The van der Waals surface area contributed by atoms with Crippen LogP contribution in [0.2, 0.25) is 0 Å². The Morgan fingerprint density at radius 2 is 1.94 bits per heavy atom. The van der Waals surface area contributed by atoms with Gasteiger partial charge in [-0.1, -0.05) is 34.5 Å². The maximum Gasteiger partial charge on any atom is 0.0210 e. The van der Waals surface area contributed by atoms with Crippen molar-refractivity contribution in [2.24, 2.45) is 0 Å². The standard InChI is InChI=1S/C15H20BrN/c16-15-6-4-5-12-11-13(7-8-14(12)15)17-9-2-1-3-10-17/h4-6,13H,1-3,7-11H2. The smallest absolute Gasteiger partial charge is 0.0210 e. The molecular formula is C15H20BrN. The van der Waals surface area contributed by atoms with Crippen molar-refractivity contribution in [2.75, 3.05) is 13.1 Å². The molecule has 2 aliphatic rings. The van der Waals surface area contributed by atoms with Crippen molar-refractivity contribution in [3.8, 4) is 0 Å². The summed E-state index contributed by atoms with van der Waals surface area (Å²) < 4.78 is 1.31. The zero-order valence-corrected chi connectivity index (χ0v) is 11.9. The fraction of sp³-hybridized carbons (Fsp3) is 0.600. The molecule has 1 aliphatic heterocycles. The Labute approximate surface area is 112 Å². The summed E-state index contributed by atoms with van der Waals surface area (Å²) in [4.78, 5) is 2.73. The third-order valence-corrected chi connectivity index (χ3v) is 5.05. The summed E-state index contributed by atoms with van der Waals surface area (Å²) in [6.45, 7) is 2.65. The van der Waals surface area contributed by atoms with Gasteiger partial charge in [0.15, 0.2) is 0 Å². The molecule has 1 fully saturated rings. The van der Waals surface area contributed by atoms with Crippen LogP contribution in [0.5, 0.6) is 0 Å². The van der Waals surface area contributed by atoms with Gasteiger partial charge < -0.3 is 4.90 Å². The number of fused-ring (bicyclic) bond motifs is 1. The molecule has 0 bridgehead atoms.